The topological polar surface area (TPSA) is 52.7 Å². The smallest absolute Gasteiger partial charge is 0.281 e. The Morgan fingerprint density at radius 1 is 1.26 bits per heavy atom. The molecule has 0 aromatic heterocycles. The van der Waals surface area contributed by atoms with Gasteiger partial charge in [-0.1, -0.05) is 42.1 Å². The highest BCUT2D eigenvalue weighted by atomic mass is 32.2. The first-order chi connectivity index (χ1) is 11.2. The summed E-state index contributed by atoms with van der Waals surface area (Å²) in [4.78, 5) is 27.7. The van der Waals surface area contributed by atoms with Crippen molar-refractivity contribution in [2.75, 3.05) is 31.9 Å². The van der Waals surface area contributed by atoms with Crippen molar-refractivity contribution in [1.29, 1.82) is 0 Å². The van der Waals surface area contributed by atoms with Gasteiger partial charge in [-0.05, 0) is 12.0 Å². The maximum absolute atomic E-state index is 12.1. The number of likely N-dealkylation sites (tertiary alicyclic amines) is 1. The Balaban J connectivity index is 1.37. The fraction of sp³-hybridized carbons (Fsp3) is 0.529. The van der Waals surface area contributed by atoms with E-state index in [0.29, 0.717) is 13.0 Å². The molecule has 1 N–H and O–H groups in total. The van der Waals surface area contributed by atoms with Gasteiger partial charge in [0.2, 0.25) is 5.91 Å². The van der Waals surface area contributed by atoms with Gasteiger partial charge in [0.05, 0.1) is 0 Å². The van der Waals surface area contributed by atoms with E-state index < -0.39 is 0 Å². The second-order valence-corrected chi connectivity index (χ2v) is 7.17. The molecule has 0 bridgehead atoms. The number of nitrogens with zero attached hydrogens (tertiary/aromatic N) is 2. The molecule has 23 heavy (non-hydrogen) atoms. The maximum Gasteiger partial charge on any atom is 0.281 e. The van der Waals surface area contributed by atoms with Gasteiger partial charge in [-0.25, -0.2) is 0 Å². The summed E-state index contributed by atoms with van der Waals surface area (Å²) in [6, 6.07) is 10.6. The first kappa shape index (κ1) is 16.3. The van der Waals surface area contributed by atoms with Crippen LogP contribution in [0.15, 0.2) is 30.3 Å². The number of carbonyl (C=O) groups is 2. The zero-order valence-corrected chi connectivity index (χ0v) is 14.1. The van der Waals surface area contributed by atoms with Gasteiger partial charge in [0.15, 0.2) is 0 Å². The standard InChI is InChI=1S/C17H23N3O2S/c21-16(7-9-20-10-11-23-17(20)22)18-15-6-8-19(13-15)12-14-4-2-1-3-5-14/h1-5,15H,6-13H2,(H,18,21). The van der Waals surface area contributed by atoms with Crippen molar-refractivity contribution in [2.45, 2.75) is 25.4 Å². The minimum absolute atomic E-state index is 0.0567. The third-order valence-electron chi connectivity index (χ3n) is 4.34. The molecule has 2 amide bonds. The Morgan fingerprint density at radius 3 is 2.83 bits per heavy atom. The molecular weight excluding hydrogens is 310 g/mol. The SMILES string of the molecule is O=C(CCN1CCSC1=O)NC1CCN(Cc2ccccc2)C1. The lowest BCUT2D eigenvalue weighted by Crippen LogP contribution is -2.38. The highest BCUT2D eigenvalue weighted by molar-refractivity contribution is 8.13. The van der Waals surface area contributed by atoms with Crippen LogP contribution in [0.25, 0.3) is 0 Å². The second kappa shape index (κ2) is 7.84. The Kier molecular flexibility index (Phi) is 5.56. The van der Waals surface area contributed by atoms with Gasteiger partial charge in [-0.15, -0.1) is 0 Å². The van der Waals surface area contributed by atoms with Crippen molar-refractivity contribution in [2.24, 2.45) is 0 Å². The summed E-state index contributed by atoms with van der Waals surface area (Å²) in [7, 11) is 0. The average molecular weight is 333 g/mol. The maximum atomic E-state index is 12.1. The predicted molar refractivity (Wildman–Crippen MR) is 92.3 cm³/mol. The van der Waals surface area contributed by atoms with Crippen molar-refractivity contribution in [3.05, 3.63) is 35.9 Å². The molecule has 1 aromatic carbocycles. The molecule has 1 unspecified atom stereocenters. The summed E-state index contributed by atoms with van der Waals surface area (Å²) in [5.41, 5.74) is 1.31. The summed E-state index contributed by atoms with van der Waals surface area (Å²) >= 11 is 1.34. The van der Waals surface area contributed by atoms with Gasteiger partial charge in [-0.3, -0.25) is 14.5 Å². The molecule has 2 aliphatic heterocycles. The van der Waals surface area contributed by atoms with E-state index in [1.165, 1.54) is 17.3 Å². The normalized spacial score (nSPS) is 21.8. The monoisotopic (exact) mass is 333 g/mol. The van der Waals surface area contributed by atoms with Crippen LogP contribution in [0.2, 0.25) is 0 Å². The van der Waals surface area contributed by atoms with E-state index in [2.05, 4.69) is 34.5 Å². The van der Waals surface area contributed by atoms with E-state index in [0.717, 1.165) is 38.4 Å². The van der Waals surface area contributed by atoms with Gasteiger partial charge in [0.25, 0.3) is 5.24 Å². The first-order valence-electron chi connectivity index (χ1n) is 8.18. The van der Waals surface area contributed by atoms with Crippen LogP contribution in [0.3, 0.4) is 0 Å². The molecule has 0 aliphatic carbocycles. The van der Waals surface area contributed by atoms with Crippen LogP contribution in [0, 0.1) is 0 Å². The van der Waals surface area contributed by atoms with E-state index in [-0.39, 0.29) is 17.2 Å². The van der Waals surface area contributed by atoms with Gasteiger partial charge < -0.3 is 10.2 Å². The lowest BCUT2D eigenvalue weighted by molar-refractivity contribution is -0.121. The fourth-order valence-corrected chi connectivity index (χ4v) is 3.95. The van der Waals surface area contributed by atoms with Crippen LogP contribution in [0.4, 0.5) is 4.79 Å². The third-order valence-corrected chi connectivity index (χ3v) is 5.23. The van der Waals surface area contributed by atoms with Gasteiger partial charge >= 0.3 is 0 Å². The van der Waals surface area contributed by atoms with E-state index in [9.17, 15) is 9.59 Å². The number of nitrogens with one attached hydrogen (secondary N) is 1. The molecule has 2 saturated heterocycles. The lowest BCUT2D eigenvalue weighted by atomic mass is 10.2. The van der Waals surface area contributed by atoms with Crippen molar-refractivity contribution in [1.82, 2.24) is 15.1 Å². The van der Waals surface area contributed by atoms with Crippen molar-refractivity contribution >= 4 is 22.9 Å². The molecule has 1 aromatic rings. The summed E-state index contributed by atoms with van der Waals surface area (Å²) < 4.78 is 0. The summed E-state index contributed by atoms with van der Waals surface area (Å²) in [6.07, 6.45) is 1.40. The Bertz CT molecular complexity index is 552. The molecule has 124 valence electrons. The molecule has 2 heterocycles. The highest BCUT2D eigenvalue weighted by Crippen LogP contribution is 2.17. The predicted octanol–water partition coefficient (Wildman–Crippen LogP) is 1.94. The van der Waals surface area contributed by atoms with E-state index in [1.807, 2.05) is 6.07 Å². The van der Waals surface area contributed by atoms with Crippen LogP contribution in [0.1, 0.15) is 18.4 Å². The van der Waals surface area contributed by atoms with Crippen LogP contribution in [-0.4, -0.2) is 58.9 Å². The number of carbonyl (C=O) groups excluding carboxylic acids is 2. The number of amides is 2. The molecule has 1 atom stereocenters. The van der Waals surface area contributed by atoms with Crippen LogP contribution in [0.5, 0.6) is 0 Å². The molecule has 0 spiro atoms. The summed E-state index contributed by atoms with van der Waals surface area (Å²) in [5, 5.41) is 3.21. The average Bonchev–Trinajstić information content (AvgIpc) is 3.15. The number of benzene rings is 1. The van der Waals surface area contributed by atoms with E-state index in [1.54, 1.807) is 4.90 Å². The molecule has 2 fully saturated rings. The minimum Gasteiger partial charge on any atom is -0.352 e. The van der Waals surface area contributed by atoms with E-state index >= 15 is 0 Å². The Morgan fingerprint density at radius 2 is 2.09 bits per heavy atom. The first-order valence-corrected chi connectivity index (χ1v) is 9.16. The van der Waals surface area contributed by atoms with Gasteiger partial charge in [0.1, 0.15) is 0 Å². The Labute approximate surface area is 141 Å². The highest BCUT2D eigenvalue weighted by Gasteiger charge is 2.25. The quantitative estimate of drug-likeness (QED) is 0.864. The molecule has 0 radical (unpaired) electrons. The van der Waals surface area contributed by atoms with Crippen molar-refractivity contribution < 1.29 is 9.59 Å². The third kappa shape index (κ3) is 4.72. The van der Waals surface area contributed by atoms with E-state index in [4.69, 9.17) is 0 Å². The van der Waals surface area contributed by atoms with Crippen LogP contribution < -0.4 is 5.32 Å². The fourth-order valence-electron chi connectivity index (χ4n) is 3.10. The zero-order chi connectivity index (χ0) is 16.1. The Hall–Kier alpha value is -1.53. The summed E-state index contributed by atoms with van der Waals surface area (Å²) in [5.74, 6) is 0.901. The van der Waals surface area contributed by atoms with Gasteiger partial charge in [-0.2, -0.15) is 0 Å². The lowest BCUT2D eigenvalue weighted by Gasteiger charge is -2.18. The molecular formula is C17H23N3O2S. The number of rotatable bonds is 6. The molecule has 2 aliphatic rings. The van der Waals surface area contributed by atoms with Crippen molar-refractivity contribution in [3.8, 4) is 0 Å². The van der Waals surface area contributed by atoms with Crippen LogP contribution in [-0.2, 0) is 11.3 Å². The molecule has 3 rings (SSSR count). The summed E-state index contributed by atoms with van der Waals surface area (Å²) in [6.45, 7) is 4.16. The largest absolute Gasteiger partial charge is 0.352 e. The number of thioether (sulfide) groups is 1. The number of hydrogen-bond donors (Lipinski definition) is 1. The second-order valence-electron chi connectivity index (χ2n) is 6.13. The molecule has 5 nitrogen and oxygen atoms in total. The van der Waals surface area contributed by atoms with Crippen molar-refractivity contribution in [3.63, 3.8) is 0 Å². The van der Waals surface area contributed by atoms with Crippen LogP contribution >= 0.6 is 11.8 Å². The number of hydrogen-bond acceptors (Lipinski definition) is 4. The minimum atomic E-state index is 0.0567. The van der Waals surface area contributed by atoms with Gasteiger partial charge in [0, 0.05) is 50.9 Å². The zero-order valence-electron chi connectivity index (χ0n) is 13.2. The molecule has 0 saturated carbocycles. The molecule has 6 heteroatoms.